The van der Waals surface area contributed by atoms with Gasteiger partial charge in [-0.05, 0) is 51.4 Å². The van der Waals surface area contributed by atoms with Crippen molar-refractivity contribution in [2.24, 2.45) is 0 Å². The number of esters is 3. The third-order valence-corrected chi connectivity index (χ3v) is 16.5. The minimum absolute atomic E-state index is 0.0670. The number of carbonyl (C=O) groups excluding carboxylic acids is 3. The quantitative estimate of drug-likeness (QED) is 0.0261. The van der Waals surface area contributed by atoms with E-state index in [1.807, 2.05) is 0 Å². The van der Waals surface area contributed by atoms with Crippen LogP contribution >= 0.6 is 0 Å². The predicted octanol–water partition coefficient (Wildman–Crippen LogP) is 24.6. The summed E-state index contributed by atoms with van der Waals surface area (Å²) in [6.07, 6.45) is 83.5. The number of carbonyl (C=O) groups is 3. The molecule has 0 aromatic rings. The van der Waals surface area contributed by atoms with Crippen LogP contribution in [0.2, 0.25) is 0 Å². The molecule has 1 unspecified atom stereocenters. The van der Waals surface area contributed by atoms with E-state index in [1.165, 1.54) is 295 Å². The smallest absolute Gasteiger partial charge is 0.306 e. The van der Waals surface area contributed by atoms with Crippen LogP contribution in [0.15, 0.2) is 24.3 Å². The Morgan fingerprint density at radius 3 is 0.722 bits per heavy atom. The normalized spacial score (nSPS) is 12.1. The lowest BCUT2D eigenvalue weighted by molar-refractivity contribution is -0.167. The molecule has 0 aromatic carbocycles. The molecule has 0 aromatic heterocycles. The first kappa shape index (κ1) is 76.9. The van der Waals surface area contributed by atoms with Gasteiger partial charge in [-0.15, -0.1) is 0 Å². The molecule has 6 nitrogen and oxygen atoms in total. The van der Waals surface area contributed by atoms with E-state index in [4.69, 9.17) is 14.2 Å². The molecule has 0 aliphatic heterocycles. The maximum atomic E-state index is 13.0. The molecule has 0 fully saturated rings. The van der Waals surface area contributed by atoms with E-state index in [2.05, 4.69) is 45.1 Å². The summed E-state index contributed by atoms with van der Waals surface area (Å²) >= 11 is 0. The van der Waals surface area contributed by atoms with Gasteiger partial charge in [0, 0.05) is 19.3 Å². The number of hydrogen-bond acceptors (Lipinski definition) is 6. The van der Waals surface area contributed by atoms with E-state index in [9.17, 15) is 14.4 Å². The first-order chi connectivity index (χ1) is 39.0. The number of hydrogen-bond donors (Lipinski definition) is 0. The van der Waals surface area contributed by atoms with Crippen LogP contribution in [-0.4, -0.2) is 37.2 Å². The molecule has 0 rings (SSSR count). The molecule has 0 amide bonds. The molecular weight excluding hydrogens is 973 g/mol. The van der Waals surface area contributed by atoms with Crippen LogP contribution in [0.4, 0.5) is 0 Å². The van der Waals surface area contributed by atoms with Crippen molar-refractivity contribution in [3.63, 3.8) is 0 Å². The highest BCUT2D eigenvalue weighted by atomic mass is 16.6. The molecule has 0 saturated heterocycles. The molecule has 0 radical (unpaired) electrons. The van der Waals surface area contributed by atoms with Crippen molar-refractivity contribution >= 4 is 17.9 Å². The molecule has 0 aliphatic carbocycles. The Kier molecular flexibility index (Phi) is 66.6. The van der Waals surface area contributed by atoms with Crippen molar-refractivity contribution in [2.75, 3.05) is 13.2 Å². The van der Waals surface area contributed by atoms with Gasteiger partial charge in [0.05, 0.1) is 0 Å². The Morgan fingerprint density at radius 2 is 0.456 bits per heavy atom. The van der Waals surface area contributed by atoms with E-state index in [-0.39, 0.29) is 31.1 Å². The lowest BCUT2D eigenvalue weighted by Gasteiger charge is -2.18. The molecule has 0 aliphatic rings. The van der Waals surface area contributed by atoms with Gasteiger partial charge in [-0.1, -0.05) is 360 Å². The number of unbranched alkanes of at least 4 members (excludes halogenated alkanes) is 52. The monoisotopic (exact) mass is 1110 g/mol. The summed E-state index contributed by atoms with van der Waals surface area (Å²) in [5, 5.41) is 0. The van der Waals surface area contributed by atoms with Crippen molar-refractivity contribution in [3.8, 4) is 0 Å². The maximum Gasteiger partial charge on any atom is 0.306 e. The standard InChI is InChI=1S/C73H138O6/c1-4-7-10-13-16-19-22-25-28-31-33-35-36-38-39-42-45-48-51-54-57-60-63-66-72(75)78-69-70(68-77-71(74)65-62-59-56-53-50-47-44-41-30-27-24-21-18-15-12-9-6-3)79-73(76)67-64-61-58-55-52-49-46-43-40-37-34-32-29-26-23-20-17-14-11-8-5-2/h18,21,27,30,70H,4-17,19-20,22-26,28-29,31-69H2,1-3H3/b21-18-,30-27-. The van der Waals surface area contributed by atoms with Crippen molar-refractivity contribution in [3.05, 3.63) is 24.3 Å². The number of ether oxygens (including phenoxy) is 3. The highest BCUT2D eigenvalue weighted by molar-refractivity contribution is 5.71. The molecule has 0 saturated carbocycles. The van der Waals surface area contributed by atoms with Gasteiger partial charge in [-0.2, -0.15) is 0 Å². The largest absolute Gasteiger partial charge is 0.462 e. The van der Waals surface area contributed by atoms with Gasteiger partial charge in [0.15, 0.2) is 6.10 Å². The van der Waals surface area contributed by atoms with E-state index >= 15 is 0 Å². The average Bonchev–Trinajstić information content (AvgIpc) is 3.45. The summed E-state index contributed by atoms with van der Waals surface area (Å²) < 4.78 is 17.0. The minimum Gasteiger partial charge on any atom is -0.462 e. The third kappa shape index (κ3) is 66.6. The van der Waals surface area contributed by atoms with Crippen molar-refractivity contribution in [1.82, 2.24) is 0 Å². The van der Waals surface area contributed by atoms with Gasteiger partial charge in [-0.3, -0.25) is 14.4 Å². The zero-order valence-corrected chi connectivity index (χ0v) is 53.7. The van der Waals surface area contributed by atoms with E-state index < -0.39 is 6.10 Å². The summed E-state index contributed by atoms with van der Waals surface area (Å²) in [5.41, 5.74) is 0. The molecule has 0 heterocycles. The SMILES string of the molecule is CCCCC/C=C\C/C=C\CCCCCCCCCC(=O)OCC(COC(=O)CCCCCCCCCCCCCCCCCCCCCCCCC)OC(=O)CCCCCCCCCCCCCCCCCCCCCCC. The summed E-state index contributed by atoms with van der Waals surface area (Å²) in [6.45, 7) is 6.70. The Morgan fingerprint density at radius 1 is 0.253 bits per heavy atom. The predicted molar refractivity (Wildman–Crippen MR) is 344 cm³/mol. The van der Waals surface area contributed by atoms with Crippen LogP contribution < -0.4 is 0 Å². The third-order valence-electron chi connectivity index (χ3n) is 16.5. The zero-order chi connectivity index (χ0) is 57.1. The minimum atomic E-state index is -0.772. The fourth-order valence-electron chi connectivity index (χ4n) is 11.1. The van der Waals surface area contributed by atoms with Crippen LogP contribution in [0.1, 0.15) is 406 Å². The summed E-state index contributed by atoms with van der Waals surface area (Å²) in [7, 11) is 0. The average molecular weight is 1110 g/mol. The van der Waals surface area contributed by atoms with Crippen LogP contribution in [0.25, 0.3) is 0 Å². The fourth-order valence-corrected chi connectivity index (χ4v) is 11.1. The van der Waals surface area contributed by atoms with Crippen molar-refractivity contribution in [2.45, 2.75) is 412 Å². The zero-order valence-electron chi connectivity index (χ0n) is 53.7. The molecule has 0 bridgehead atoms. The van der Waals surface area contributed by atoms with Crippen LogP contribution in [0.3, 0.4) is 0 Å². The van der Waals surface area contributed by atoms with Gasteiger partial charge >= 0.3 is 17.9 Å². The van der Waals surface area contributed by atoms with Crippen LogP contribution in [0.5, 0.6) is 0 Å². The van der Waals surface area contributed by atoms with E-state index in [1.54, 1.807) is 0 Å². The lowest BCUT2D eigenvalue weighted by Crippen LogP contribution is -2.30. The second-order valence-corrected chi connectivity index (χ2v) is 24.5. The Hall–Kier alpha value is -2.11. The Balaban J connectivity index is 4.28. The second-order valence-electron chi connectivity index (χ2n) is 24.5. The fraction of sp³-hybridized carbons (Fsp3) is 0.904. The highest BCUT2D eigenvalue weighted by Crippen LogP contribution is 2.19. The summed E-state index contributed by atoms with van der Waals surface area (Å²) in [4.78, 5) is 38.5. The van der Waals surface area contributed by atoms with Crippen LogP contribution in [0, 0.1) is 0 Å². The van der Waals surface area contributed by atoms with Crippen molar-refractivity contribution in [1.29, 1.82) is 0 Å². The molecule has 0 N–H and O–H groups in total. The van der Waals surface area contributed by atoms with Gasteiger partial charge < -0.3 is 14.2 Å². The maximum absolute atomic E-state index is 13.0. The first-order valence-electron chi connectivity index (χ1n) is 35.8. The first-order valence-corrected chi connectivity index (χ1v) is 35.8. The number of rotatable bonds is 67. The second kappa shape index (κ2) is 68.4. The Labute approximate surface area is 493 Å². The molecule has 0 spiro atoms. The van der Waals surface area contributed by atoms with Crippen LogP contribution in [-0.2, 0) is 28.6 Å². The topological polar surface area (TPSA) is 78.9 Å². The van der Waals surface area contributed by atoms with E-state index in [0.29, 0.717) is 19.3 Å². The lowest BCUT2D eigenvalue weighted by atomic mass is 10.0. The molecular formula is C73H138O6. The van der Waals surface area contributed by atoms with Gasteiger partial charge in [0.1, 0.15) is 13.2 Å². The molecule has 466 valence electrons. The summed E-state index contributed by atoms with van der Waals surface area (Å²) in [5.74, 6) is -0.840. The van der Waals surface area contributed by atoms with Gasteiger partial charge in [-0.25, -0.2) is 0 Å². The highest BCUT2D eigenvalue weighted by Gasteiger charge is 2.19. The molecule has 79 heavy (non-hydrogen) atoms. The molecule has 1 atom stereocenters. The van der Waals surface area contributed by atoms with E-state index in [0.717, 1.165) is 70.6 Å². The number of allylic oxidation sites excluding steroid dienone is 4. The molecule has 6 heteroatoms. The summed E-state index contributed by atoms with van der Waals surface area (Å²) in [6, 6.07) is 0. The van der Waals surface area contributed by atoms with Crippen molar-refractivity contribution < 1.29 is 28.6 Å². The van der Waals surface area contributed by atoms with Gasteiger partial charge in [0.2, 0.25) is 0 Å². The Bertz CT molecular complexity index is 1270. The van der Waals surface area contributed by atoms with Gasteiger partial charge in [0.25, 0.3) is 0 Å².